The van der Waals surface area contributed by atoms with E-state index < -0.39 is 0 Å². The number of aryl methyl sites for hydroxylation is 1. The molecule has 0 radical (unpaired) electrons. The minimum absolute atomic E-state index is 0.201. The third-order valence-corrected chi connectivity index (χ3v) is 2.54. The Morgan fingerprint density at radius 3 is 2.92 bits per heavy atom. The fraction of sp³-hybridized carbons (Fsp3) is 0.375. The molecule has 0 aliphatic rings. The zero-order chi connectivity index (χ0) is 9.14. The second kappa shape index (κ2) is 3.67. The number of nitrogens with one attached hydrogen (secondary N) is 1. The van der Waals surface area contributed by atoms with Crippen molar-refractivity contribution in [2.75, 3.05) is 11.5 Å². The number of pyridine rings is 1. The monoisotopic (exact) mass is 184 g/mol. The summed E-state index contributed by atoms with van der Waals surface area (Å²) in [7, 11) is 0. The summed E-state index contributed by atoms with van der Waals surface area (Å²) >= 11 is 1.67. The molecule has 1 aromatic heterocycles. The first-order chi connectivity index (χ1) is 5.65. The van der Waals surface area contributed by atoms with Gasteiger partial charge in [-0.15, -0.1) is 11.8 Å². The topological polar surface area (TPSA) is 58.9 Å². The predicted octanol–water partition coefficient (Wildman–Crippen LogP) is 1.38. The van der Waals surface area contributed by atoms with Gasteiger partial charge in [-0.2, -0.15) is 0 Å². The lowest BCUT2D eigenvalue weighted by molar-refractivity contribution is 1.08. The highest BCUT2D eigenvalue weighted by Crippen LogP contribution is 2.20. The van der Waals surface area contributed by atoms with Crippen molar-refractivity contribution < 1.29 is 0 Å². The highest BCUT2D eigenvalue weighted by molar-refractivity contribution is 7.99. The Kier molecular flexibility index (Phi) is 2.81. The van der Waals surface area contributed by atoms with Gasteiger partial charge in [-0.3, -0.25) is 4.79 Å². The number of nitrogens with two attached hydrogens (primary N) is 1. The third-order valence-electron chi connectivity index (χ3n) is 1.52. The molecule has 0 bridgehead atoms. The molecule has 66 valence electrons. The lowest BCUT2D eigenvalue weighted by Crippen LogP contribution is -2.12. The van der Waals surface area contributed by atoms with Gasteiger partial charge in [0.1, 0.15) is 0 Å². The smallest absolute Gasteiger partial charge is 0.271 e. The number of aromatic nitrogens is 1. The van der Waals surface area contributed by atoms with E-state index in [9.17, 15) is 4.79 Å². The van der Waals surface area contributed by atoms with Crippen molar-refractivity contribution in [3.05, 3.63) is 22.1 Å². The number of hydrogen-bond donors (Lipinski definition) is 2. The fourth-order valence-corrected chi connectivity index (χ4v) is 1.71. The largest absolute Gasteiger partial charge is 0.394 e. The van der Waals surface area contributed by atoms with Gasteiger partial charge in [-0.05, 0) is 18.7 Å². The molecule has 1 heterocycles. The number of thioether (sulfide) groups is 1. The molecule has 4 heteroatoms. The zero-order valence-corrected chi connectivity index (χ0v) is 7.99. The lowest BCUT2D eigenvalue weighted by Gasteiger charge is -2.03. The van der Waals surface area contributed by atoms with E-state index in [0.29, 0.717) is 0 Å². The summed E-state index contributed by atoms with van der Waals surface area (Å²) < 4.78 is 0. The van der Waals surface area contributed by atoms with Crippen LogP contribution in [-0.4, -0.2) is 10.7 Å². The summed E-state index contributed by atoms with van der Waals surface area (Å²) in [5.41, 5.74) is 6.44. The van der Waals surface area contributed by atoms with Crippen LogP contribution < -0.4 is 11.3 Å². The average molecular weight is 184 g/mol. The fourth-order valence-electron chi connectivity index (χ4n) is 0.925. The van der Waals surface area contributed by atoms with Crippen LogP contribution in [0.15, 0.2) is 15.8 Å². The second-order valence-electron chi connectivity index (χ2n) is 2.48. The Morgan fingerprint density at radius 2 is 2.33 bits per heavy atom. The van der Waals surface area contributed by atoms with Gasteiger partial charge in [0.15, 0.2) is 0 Å². The van der Waals surface area contributed by atoms with Crippen LogP contribution in [0.5, 0.6) is 0 Å². The van der Waals surface area contributed by atoms with Crippen molar-refractivity contribution in [2.24, 2.45) is 0 Å². The summed E-state index contributed by atoms with van der Waals surface area (Å²) in [4.78, 5) is 14.7. The average Bonchev–Trinajstić information content (AvgIpc) is 2.01. The first-order valence-electron chi connectivity index (χ1n) is 3.77. The number of H-pyrrole nitrogens is 1. The minimum Gasteiger partial charge on any atom is -0.394 e. The van der Waals surface area contributed by atoms with Crippen LogP contribution in [0.2, 0.25) is 0 Å². The number of rotatable bonds is 2. The molecule has 0 aromatic carbocycles. The number of aromatic amines is 1. The quantitative estimate of drug-likeness (QED) is 0.683. The van der Waals surface area contributed by atoms with Gasteiger partial charge >= 0.3 is 0 Å². The van der Waals surface area contributed by atoms with Crippen LogP contribution in [0, 0.1) is 6.92 Å². The molecule has 0 saturated carbocycles. The molecule has 12 heavy (non-hydrogen) atoms. The van der Waals surface area contributed by atoms with Crippen molar-refractivity contribution in [3.8, 4) is 0 Å². The molecule has 1 rings (SSSR count). The van der Waals surface area contributed by atoms with Crippen LogP contribution in [0.3, 0.4) is 0 Å². The molecule has 0 unspecified atom stereocenters. The summed E-state index contributed by atoms with van der Waals surface area (Å²) in [5.74, 6) is 0.978. The van der Waals surface area contributed by atoms with E-state index >= 15 is 0 Å². The molecule has 0 atom stereocenters. The number of hydrogen-bond acceptors (Lipinski definition) is 3. The van der Waals surface area contributed by atoms with Crippen molar-refractivity contribution in [3.63, 3.8) is 0 Å². The summed E-state index contributed by atoms with van der Waals surface area (Å²) in [6.45, 7) is 3.93. The van der Waals surface area contributed by atoms with E-state index in [-0.39, 0.29) is 11.2 Å². The van der Waals surface area contributed by atoms with Gasteiger partial charge < -0.3 is 10.7 Å². The maximum absolute atomic E-state index is 11.0. The highest BCUT2D eigenvalue weighted by atomic mass is 32.2. The summed E-state index contributed by atoms with van der Waals surface area (Å²) in [6, 6.07) is 1.72. The molecule has 0 saturated heterocycles. The van der Waals surface area contributed by atoms with Gasteiger partial charge in [0.25, 0.3) is 5.56 Å². The lowest BCUT2D eigenvalue weighted by atomic mass is 10.3. The zero-order valence-electron chi connectivity index (χ0n) is 7.18. The van der Waals surface area contributed by atoms with Crippen LogP contribution in [0.4, 0.5) is 5.69 Å². The van der Waals surface area contributed by atoms with Crippen LogP contribution in [0.25, 0.3) is 0 Å². The Morgan fingerprint density at radius 1 is 1.67 bits per heavy atom. The van der Waals surface area contributed by atoms with Crippen LogP contribution in [-0.2, 0) is 0 Å². The molecule has 0 fully saturated rings. The Bertz CT molecular complexity index is 332. The number of anilines is 1. The Labute approximate surface area is 75.4 Å². The molecule has 1 aromatic rings. The van der Waals surface area contributed by atoms with Gasteiger partial charge in [0.2, 0.25) is 0 Å². The highest BCUT2D eigenvalue weighted by Gasteiger charge is 2.01. The molecule has 3 N–H and O–H groups in total. The summed E-state index contributed by atoms with van der Waals surface area (Å²) in [6.07, 6.45) is 0. The van der Waals surface area contributed by atoms with Gasteiger partial charge in [-0.25, -0.2) is 0 Å². The van der Waals surface area contributed by atoms with Crippen molar-refractivity contribution in [1.29, 1.82) is 0 Å². The first-order valence-corrected chi connectivity index (χ1v) is 4.76. The molecule has 0 aliphatic heterocycles. The second-order valence-corrected chi connectivity index (χ2v) is 3.78. The van der Waals surface area contributed by atoms with E-state index in [1.54, 1.807) is 17.8 Å². The normalized spacial score (nSPS) is 10.2. The first kappa shape index (κ1) is 9.19. The minimum atomic E-state index is -0.201. The van der Waals surface area contributed by atoms with Crippen molar-refractivity contribution in [1.82, 2.24) is 4.98 Å². The Balaban J connectivity index is 3.14. The molecule has 3 nitrogen and oxygen atoms in total. The third kappa shape index (κ3) is 1.82. The molecule has 0 aliphatic carbocycles. The van der Waals surface area contributed by atoms with Crippen molar-refractivity contribution in [2.45, 2.75) is 18.7 Å². The van der Waals surface area contributed by atoms with Gasteiger partial charge in [0, 0.05) is 10.6 Å². The van der Waals surface area contributed by atoms with Gasteiger partial charge in [-0.1, -0.05) is 6.92 Å². The van der Waals surface area contributed by atoms with Crippen LogP contribution >= 0.6 is 11.8 Å². The number of nitrogen functional groups attached to an aromatic ring is 1. The SMILES string of the molecule is CCSc1cc(N)c(=O)[nH]c1C. The summed E-state index contributed by atoms with van der Waals surface area (Å²) in [5, 5.41) is 0. The Hall–Kier alpha value is -0.900. The molecular weight excluding hydrogens is 172 g/mol. The van der Waals surface area contributed by atoms with E-state index in [1.807, 2.05) is 6.92 Å². The van der Waals surface area contributed by atoms with E-state index in [1.165, 1.54) is 0 Å². The van der Waals surface area contributed by atoms with Gasteiger partial charge in [0.05, 0.1) is 5.69 Å². The van der Waals surface area contributed by atoms with Crippen LogP contribution in [0.1, 0.15) is 12.6 Å². The maximum Gasteiger partial charge on any atom is 0.271 e. The van der Waals surface area contributed by atoms with E-state index in [2.05, 4.69) is 11.9 Å². The maximum atomic E-state index is 11.0. The molecule has 0 spiro atoms. The van der Waals surface area contributed by atoms with Crippen molar-refractivity contribution >= 4 is 17.4 Å². The van der Waals surface area contributed by atoms with E-state index in [0.717, 1.165) is 16.3 Å². The predicted molar refractivity (Wildman–Crippen MR) is 52.6 cm³/mol. The molecule has 0 amide bonds. The van der Waals surface area contributed by atoms with E-state index in [4.69, 9.17) is 5.73 Å². The molecular formula is C8H12N2OS. The standard InChI is InChI=1S/C8H12N2OS/c1-3-12-7-4-6(9)8(11)10-5(7)2/h4H,3,9H2,1-2H3,(H,10,11).